The summed E-state index contributed by atoms with van der Waals surface area (Å²) in [5, 5.41) is 15.2. The molecule has 0 unspecified atom stereocenters. The Bertz CT molecular complexity index is 581. The van der Waals surface area contributed by atoms with Crippen LogP contribution < -0.4 is 10.6 Å². The molecule has 21 heavy (non-hydrogen) atoms. The van der Waals surface area contributed by atoms with Crippen LogP contribution in [0.3, 0.4) is 0 Å². The maximum absolute atomic E-state index is 11.9. The minimum Gasteiger partial charge on any atom is -0.376 e. The summed E-state index contributed by atoms with van der Waals surface area (Å²) in [6.45, 7) is -1.59. The molecule has 1 amide bonds. The van der Waals surface area contributed by atoms with E-state index in [-0.39, 0.29) is 6.54 Å². The van der Waals surface area contributed by atoms with Gasteiger partial charge in [-0.15, -0.1) is 5.10 Å². The number of anilines is 1. The van der Waals surface area contributed by atoms with Crippen LogP contribution >= 0.6 is 0 Å². The highest BCUT2D eigenvalue weighted by Crippen LogP contribution is 2.13. The molecular weight excluding hydrogens is 289 g/mol. The quantitative estimate of drug-likeness (QED) is 0.851. The lowest BCUT2D eigenvalue weighted by Crippen LogP contribution is -2.37. The fourth-order valence-corrected chi connectivity index (χ4v) is 1.46. The van der Waals surface area contributed by atoms with Crippen molar-refractivity contribution in [3.05, 3.63) is 30.6 Å². The second kappa shape index (κ2) is 6.20. The number of tetrazole rings is 1. The number of halogens is 3. The molecule has 0 aliphatic heterocycles. The Balaban J connectivity index is 1.82. The summed E-state index contributed by atoms with van der Waals surface area (Å²) in [6.07, 6.45) is -2.99. The predicted octanol–water partition coefficient (Wildman–Crippen LogP) is 0.753. The lowest BCUT2D eigenvalue weighted by molar-refractivity contribution is -0.137. The van der Waals surface area contributed by atoms with Crippen molar-refractivity contribution in [2.24, 2.45) is 0 Å². The van der Waals surface area contributed by atoms with E-state index in [2.05, 4.69) is 20.8 Å². The van der Waals surface area contributed by atoms with Gasteiger partial charge in [0.25, 0.3) is 0 Å². The van der Waals surface area contributed by atoms with Gasteiger partial charge in [0.05, 0.1) is 12.2 Å². The first kappa shape index (κ1) is 14.8. The van der Waals surface area contributed by atoms with Gasteiger partial charge in [-0.05, 0) is 34.7 Å². The van der Waals surface area contributed by atoms with E-state index >= 15 is 0 Å². The Labute approximate surface area is 117 Å². The van der Waals surface area contributed by atoms with E-state index in [1.165, 1.54) is 11.0 Å². The minimum absolute atomic E-state index is 0.250. The third kappa shape index (κ3) is 4.75. The number of rotatable bonds is 5. The number of aromatic nitrogens is 4. The first-order valence-electron chi connectivity index (χ1n) is 5.85. The van der Waals surface area contributed by atoms with Crippen molar-refractivity contribution < 1.29 is 18.0 Å². The third-order valence-electron chi connectivity index (χ3n) is 2.42. The predicted molar refractivity (Wildman–Crippen MR) is 66.7 cm³/mol. The molecule has 0 atom stereocenters. The van der Waals surface area contributed by atoms with Gasteiger partial charge < -0.3 is 10.6 Å². The molecular formula is C11H11F3N6O. The zero-order valence-corrected chi connectivity index (χ0v) is 10.6. The van der Waals surface area contributed by atoms with Crippen LogP contribution in [0.4, 0.5) is 18.9 Å². The smallest absolute Gasteiger partial charge is 0.376 e. The summed E-state index contributed by atoms with van der Waals surface area (Å²) in [5.41, 5.74) is 1.31. The summed E-state index contributed by atoms with van der Waals surface area (Å²) in [7, 11) is 0. The van der Waals surface area contributed by atoms with Crippen molar-refractivity contribution in [3.63, 3.8) is 0 Å². The highest BCUT2D eigenvalue weighted by atomic mass is 19.4. The molecule has 0 fully saturated rings. The summed E-state index contributed by atoms with van der Waals surface area (Å²) in [4.78, 5) is 11.2. The van der Waals surface area contributed by atoms with Crippen LogP contribution in [0, 0.1) is 0 Å². The Hall–Kier alpha value is -2.65. The Morgan fingerprint density at radius 3 is 2.52 bits per heavy atom. The number of amides is 1. The van der Waals surface area contributed by atoms with Crippen LogP contribution in [0.1, 0.15) is 0 Å². The average Bonchev–Trinajstić information content (AvgIpc) is 2.97. The van der Waals surface area contributed by atoms with Gasteiger partial charge in [-0.3, -0.25) is 4.79 Å². The van der Waals surface area contributed by atoms with Gasteiger partial charge in [0, 0.05) is 5.69 Å². The monoisotopic (exact) mass is 300 g/mol. The lowest BCUT2D eigenvalue weighted by atomic mass is 10.3. The van der Waals surface area contributed by atoms with Gasteiger partial charge in [-0.2, -0.15) is 13.2 Å². The summed E-state index contributed by atoms with van der Waals surface area (Å²) in [5.74, 6) is -0.739. The molecule has 7 nitrogen and oxygen atoms in total. The minimum atomic E-state index is -4.41. The van der Waals surface area contributed by atoms with Crippen LogP contribution in [-0.2, 0) is 4.79 Å². The number of hydrogen-bond donors (Lipinski definition) is 2. The number of hydrogen-bond acceptors (Lipinski definition) is 5. The molecule has 0 saturated carbocycles. The fraction of sp³-hybridized carbons (Fsp3) is 0.273. The van der Waals surface area contributed by atoms with Gasteiger partial charge in [0.2, 0.25) is 5.91 Å². The first-order valence-corrected chi connectivity index (χ1v) is 5.85. The number of nitrogens with zero attached hydrogens (tertiary/aromatic N) is 4. The van der Waals surface area contributed by atoms with E-state index in [4.69, 9.17) is 0 Å². The van der Waals surface area contributed by atoms with Gasteiger partial charge in [-0.1, -0.05) is 0 Å². The summed E-state index contributed by atoms with van der Waals surface area (Å²) < 4.78 is 37.2. The maximum atomic E-state index is 11.9. The van der Waals surface area contributed by atoms with E-state index in [9.17, 15) is 18.0 Å². The van der Waals surface area contributed by atoms with Crippen molar-refractivity contribution in [1.29, 1.82) is 0 Å². The fourth-order valence-electron chi connectivity index (χ4n) is 1.46. The Kier molecular flexibility index (Phi) is 4.36. The normalized spacial score (nSPS) is 11.2. The van der Waals surface area contributed by atoms with Crippen LogP contribution in [0.25, 0.3) is 5.69 Å². The molecule has 10 heteroatoms. The van der Waals surface area contributed by atoms with Crippen molar-refractivity contribution >= 4 is 11.6 Å². The number of benzene rings is 1. The van der Waals surface area contributed by atoms with Gasteiger partial charge in [0.15, 0.2) is 0 Å². The molecule has 0 saturated heterocycles. The maximum Gasteiger partial charge on any atom is 0.405 e. The second-order valence-corrected chi connectivity index (χ2v) is 4.05. The molecule has 2 N–H and O–H groups in total. The number of alkyl halides is 3. The molecule has 1 aromatic heterocycles. The zero-order valence-electron chi connectivity index (χ0n) is 10.6. The largest absolute Gasteiger partial charge is 0.405 e. The summed E-state index contributed by atoms with van der Waals surface area (Å²) in [6, 6.07) is 6.72. The lowest BCUT2D eigenvalue weighted by Gasteiger charge is -2.10. The van der Waals surface area contributed by atoms with Crippen LogP contribution in [0.15, 0.2) is 30.6 Å². The molecule has 1 heterocycles. The molecule has 2 rings (SSSR count). The van der Waals surface area contributed by atoms with Gasteiger partial charge in [-0.25, -0.2) is 4.68 Å². The summed E-state index contributed by atoms with van der Waals surface area (Å²) >= 11 is 0. The third-order valence-corrected chi connectivity index (χ3v) is 2.42. The molecule has 2 aromatic rings. The van der Waals surface area contributed by atoms with Crippen LogP contribution in [0.2, 0.25) is 0 Å². The standard InChI is InChI=1S/C11H11F3N6O/c12-11(13,14)6-16-10(21)5-15-8-1-3-9(4-2-8)20-7-17-18-19-20/h1-4,7,15H,5-6H2,(H,16,21). The van der Waals surface area contributed by atoms with Crippen LogP contribution in [0.5, 0.6) is 0 Å². The average molecular weight is 300 g/mol. The molecule has 0 bridgehead atoms. The number of carbonyl (C=O) groups excluding carboxylic acids is 1. The molecule has 1 aromatic carbocycles. The van der Waals surface area contributed by atoms with Gasteiger partial charge in [0.1, 0.15) is 12.9 Å². The molecule has 0 spiro atoms. The Morgan fingerprint density at radius 1 is 1.24 bits per heavy atom. The van der Waals surface area contributed by atoms with E-state index in [0.717, 1.165) is 0 Å². The molecule has 112 valence electrons. The van der Waals surface area contributed by atoms with Crippen molar-refractivity contribution in [2.75, 3.05) is 18.4 Å². The van der Waals surface area contributed by atoms with E-state index < -0.39 is 18.6 Å². The van der Waals surface area contributed by atoms with E-state index in [0.29, 0.717) is 11.4 Å². The van der Waals surface area contributed by atoms with Crippen LogP contribution in [-0.4, -0.2) is 45.4 Å². The number of nitrogens with one attached hydrogen (secondary N) is 2. The SMILES string of the molecule is O=C(CNc1ccc(-n2cnnn2)cc1)NCC(F)(F)F. The molecule has 0 aliphatic carbocycles. The number of carbonyl (C=O) groups is 1. The zero-order chi connectivity index (χ0) is 15.3. The second-order valence-electron chi connectivity index (χ2n) is 4.05. The first-order chi connectivity index (χ1) is 9.94. The molecule has 0 aliphatic rings. The Morgan fingerprint density at radius 2 is 1.95 bits per heavy atom. The van der Waals surface area contributed by atoms with Gasteiger partial charge >= 0.3 is 6.18 Å². The van der Waals surface area contributed by atoms with Crippen molar-refractivity contribution in [3.8, 4) is 5.69 Å². The topological polar surface area (TPSA) is 84.7 Å². The van der Waals surface area contributed by atoms with E-state index in [1.54, 1.807) is 29.6 Å². The highest BCUT2D eigenvalue weighted by Gasteiger charge is 2.27. The van der Waals surface area contributed by atoms with Crippen molar-refractivity contribution in [2.45, 2.75) is 6.18 Å². The van der Waals surface area contributed by atoms with Crippen molar-refractivity contribution in [1.82, 2.24) is 25.5 Å². The van der Waals surface area contributed by atoms with E-state index in [1.807, 2.05) is 0 Å². The molecule has 0 radical (unpaired) electrons. The highest BCUT2D eigenvalue weighted by molar-refractivity contribution is 5.80.